The summed E-state index contributed by atoms with van der Waals surface area (Å²) in [7, 11) is 0. The number of hydrogen-bond acceptors (Lipinski definition) is 3. The van der Waals surface area contributed by atoms with E-state index in [9.17, 15) is 4.79 Å². The molecule has 24 heavy (non-hydrogen) atoms. The number of aromatic nitrogens is 1. The zero-order valence-electron chi connectivity index (χ0n) is 14.3. The van der Waals surface area contributed by atoms with Crippen molar-refractivity contribution in [2.45, 2.75) is 63.8 Å². The minimum Gasteiger partial charge on any atom is -0.351 e. The van der Waals surface area contributed by atoms with Gasteiger partial charge in [-0.05, 0) is 30.7 Å². The van der Waals surface area contributed by atoms with Crippen LogP contribution in [0.2, 0.25) is 0 Å². The molecule has 4 heteroatoms. The maximum absolute atomic E-state index is 12.3. The second-order valence-corrected chi connectivity index (χ2v) is 6.86. The van der Waals surface area contributed by atoms with Gasteiger partial charge in [0.25, 0.3) is 5.91 Å². The predicted molar refractivity (Wildman–Crippen MR) is 94.0 cm³/mol. The van der Waals surface area contributed by atoms with Gasteiger partial charge in [-0.2, -0.15) is 0 Å². The molecule has 0 bridgehead atoms. The van der Waals surface area contributed by atoms with E-state index in [-0.39, 0.29) is 11.9 Å². The fourth-order valence-electron chi connectivity index (χ4n) is 3.41. The number of carbonyl (C=O) groups excluding carboxylic acids is 1. The Labute approximate surface area is 143 Å². The van der Waals surface area contributed by atoms with Crippen molar-refractivity contribution in [1.29, 1.82) is 0 Å². The van der Waals surface area contributed by atoms with E-state index >= 15 is 0 Å². The number of nitrogens with one attached hydrogen (secondary N) is 1. The van der Waals surface area contributed by atoms with E-state index in [0.29, 0.717) is 11.7 Å². The van der Waals surface area contributed by atoms with Crippen LogP contribution < -0.4 is 5.32 Å². The number of amides is 1. The first-order valence-corrected chi connectivity index (χ1v) is 9.04. The van der Waals surface area contributed by atoms with Gasteiger partial charge in [0.05, 0.1) is 5.69 Å². The van der Waals surface area contributed by atoms with Crippen molar-refractivity contribution in [2.24, 2.45) is 0 Å². The van der Waals surface area contributed by atoms with Gasteiger partial charge in [0, 0.05) is 12.1 Å². The molecule has 0 spiro atoms. The molecule has 1 aromatic heterocycles. The first kappa shape index (κ1) is 16.7. The highest BCUT2D eigenvalue weighted by Crippen LogP contribution is 2.21. The number of nitrogens with zero attached hydrogens (tertiary/aromatic N) is 1. The van der Waals surface area contributed by atoms with Crippen molar-refractivity contribution < 1.29 is 9.32 Å². The van der Waals surface area contributed by atoms with Gasteiger partial charge in [0.2, 0.25) is 5.76 Å². The second-order valence-electron chi connectivity index (χ2n) is 6.86. The van der Waals surface area contributed by atoms with Gasteiger partial charge in [-0.25, -0.2) is 0 Å². The molecule has 1 saturated carbocycles. The standard InChI is InChI=1S/C20H26N2O2/c1-15(16-9-5-4-6-10-16)13-18-14-19(24-22-18)20(23)21-17-11-7-2-3-8-12-17/h4-6,9-10,14-15,17H,2-3,7-8,11-13H2,1H3,(H,21,23)/t15-/m1/s1. The lowest BCUT2D eigenvalue weighted by molar-refractivity contribution is 0.0896. The monoisotopic (exact) mass is 326 g/mol. The lowest BCUT2D eigenvalue weighted by Crippen LogP contribution is -2.34. The Morgan fingerprint density at radius 2 is 1.92 bits per heavy atom. The van der Waals surface area contributed by atoms with Gasteiger partial charge in [0.1, 0.15) is 0 Å². The molecule has 0 radical (unpaired) electrons. The molecule has 1 aromatic carbocycles. The molecule has 0 saturated heterocycles. The number of benzene rings is 1. The highest BCUT2D eigenvalue weighted by molar-refractivity contribution is 5.91. The van der Waals surface area contributed by atoms with Crippen molar-refractivity contribution in [3.8, 4) is 0 Å². The van der Waals surface area contributed by atoms with E-state index in [0.717, 1.165) is 25.0 Å². The molecule has 1 aliphatic carbocycles. The quantitative estimate of drug-likeness (QED) is 0.825. The molecular weight excluding hydrogens is 300 g/mol. The van der Waals surface area contributed by atoms with Gasteiger partial charge >= 0.3 is 0 Å². The zero-order chi connectivity index (χ0) is 16.8. The van der Waals surface area contributed by atoms with Crippen LogP contribution in [0, 0.1) is 0 Å². The SMILES string of the molecule is C[C@H](Cc1cc(C(=O)NC2CCCCCC2)on1)c1ccccc1. The summed E-state index contributed by atoms with van der Waals surface area (Å²) in [5.41, 5.74) is 2.10. The van der Waals surface area contributed by atoms with Gasteiger partial charge < -0.3 is 9.84 Å². The van der Waals surface area contributed by atoms with Crippen molar-refractivity contribution in [3.05, 3.63) is 53.4 Å². The third-order valence-electron chi connectivity index (χ3n) is 4.86. The molecule has 1 amide bonds. The minimum absolute atomic E-state index is 0.131. The summed E-state index contributed by atoms with van der Waals surface area (Å²) in [6.07, 6.45) is 7.84. The van der Waals surface area contributed by atoms with Crippen LogP contribution in [-0.2, 0) is 6.42 Å². The smallest absolute Gasteiger partial charge is 0.290 e. The molecule has 1 atom stereocenters. The van der Waals surface area contributed by atoms with E-state index in [1.807, 2.05) is 18.2 Å². The molecule has 0 unspecified atom stereocenters. The molecule has 1 fully saturated rings. The molecule has 1 heterocycles. The first-order chi connectivity index (χ1) is 11.7. The maximum Gasteiger partial charge on any atom is 0.290 e. The normalized spacial score (nSPS) is 17.2. The Balaban J connectivity index is 1.57. The summed E-state index contributed by atoms with van der Waals surface area (Å²) in [4.78, 5) is 12.3. The molecule has 128 valence electrons. The minimum atomic E-state index is -0.131. The lowest BCUT2D eigenvalue weighted by Gasteiger charge is -2.14. The summed E-state index contributed by atoms with van der Waals surface area (Å²) < 4.78 is 5.27. The van der Waals surface area contributed by atoms with Crippen LogP contribution in [0.5, 0.6) is 0 Å². The summed E-state index contributed by atoms with van der Waals surface area (Å²) in [6.45, 7) is 2.16. The number of rotatable bonds is 5. The highest BCUT2D eigenvalue weighted by Gasteiger charge is 2.19. The van der Waals surface area contributed by atoms with E-state index in [1.165, 1.54) is 31.2 Å². The van der Waals surface area contributed by atoms with Crippen LogP contribution in [0.15, 0.2) is 40.9 Å². The summed E-state index contributed by atoms with van der Waals surface area (Å²) in [5.74, 6) is 0.539. The topological polar surface area (TPSA) is 55.1 Å². The van der Waals surface area contributed by atoms with Gasteiger partial charge in [-0.1, -0.05) is 68.1 Å². The first-order valence-electron chi connectivity index (χ1n) is 9.04. The van der Waals surface area contributed by atoms with Crippen molar-refractivity contribution in [3.63, 3.8) is 0 Å². The molecule has 1 N–H and O–H groups in total. The fourth-order valence-corrected chi connectivity index (χ4v) is 3.41. The van der Waals surface area contributed by atoms with Crippen LogP contribution in [0.3, 0.4) is 0 Å². The molecular formula is C20H26N2O2. The van der Waals surface area contributed by atoms with Crippen LogP contribution >= 0.6 is 0 Å². The van der Waals surface area contributed by atoms with Gasteiger partial charge in [0.15, 0.2) is 0 Å². The predicted octanol–water partition coefficient (Wildman–Crippen LogP) is 4.47. The van der Waals surface area contributed by atoms with Crippen molar-refractivity contribution >= 4 is 5.91 Å². The number of carbonyl (C=O) groups is 1. The fraction of sp³-hybridized carbons (Fsp3) is 0.500. The Hall–Kier alpha value is -2.10. The lowest BCUT2D eigenvalue weighted by atomic mass is 9.96. The van der Waals surface area contributed by atoms with Gasteiger partial charge in [-0.15, -0.1) is 0 Å². The third kappa shape index (κ3) is 4.47. The van der Waals surface area contributed by atoms with Crippen LogP contribution in [-0.4, -0.2) is 17.1 Å². The number of hydrogen-bond donors (Lipinski definition) is 1. The summed E-state index contributed by atoms with van der Waals surface area (Å²) >= 11 is 0. The van der Waals surface area contributed by atoms with Gasteiger partial charge in [-0.3, -0.25) is 4.79 Å². The Bertz CT molecular complexity index is 643. The van der Waals surface area contributed by atoms with E-state index in [4.69, 9.17) is 4.52 Å². The molecule has 3 rings (SSSR count). The molecule has 1 aliphatic rings. The van der Waals surface area contributed by atoms with E-state index < -0.39 is 0 Å². The third-order valence-corrected chi connectivity index (χ3v) is 4.86. The van der Waals surface area contributed by atoms with Crippen molar-refractivity contribution in [2.75, 3.05) is 0 Å². The van der Waals surface area contributed by atoms with E-state index in [2.05, 4.69) is 29.5 Å². The summed E-state index contributed by atoms with van der Waals surface area (Å²) in [6, 6.07) is 12.4. The van der Waals surface area contributed by atoms with Crippen LogP contribution in [0.1, 0.15) is 73.2 Å². The highest BCUT2D eigenvalue weighted by atomic mass is 16.5. The maximum atomic E-state index is 12.3. The molecule has 4 nitrogen and oxygen atoms in total. The van der Waals surface area contributed by atoms with Crippen molar-refractivity contribution in [1.82, 2.24) is 10.5 Å². The Morgan fingerprint density at radius 3 is 2.62 bits per heavy atom. The van der Waals surface area contributed by atoms with Crippen LogP contribution in [0.25, 0.3) is 0 Å². The zero-order valence-corrected chi connectivity index (χ0v) is 14.3. The summed E-state index contributed by atoms with van der Waals surface area (Å²) in [5, 5.41) is 7.18. The average molecular weight is 326 g/mol. The Morgan fingerprint density at radius 1 is 1.21 bits per heavy atom. The second kappa shape index (κ2) is 8.13. The largest absolute Gasteiger partial charge is 0.351 e. The molecule has 0 aliphatic heterocycles. The molecule has 2 aromatic rings. The Kier molecular flexibility index (Phi) is 5.68. The van der Waals surface area contributed by atoms with E-state index in [1.54, 1.807) is 6.07 Å². The van der Waals surface area contributed by atoms with Crippen LogP contribution in [0.4, 0.5) is 0 Å². The average Bonchev–Trinajstić information content (AvgIpc) is 2.92.